The van der Waals surface area contributed by atoms with Crippen molar-refractivity contribution >= 4 is 5.71 Å². The van der Waals surface area contributed by atoms with Gasteiger partial charge in [-0.3, -0.25) is 14.9 Å². The Hall–Kier alpha value is -4.26. The van der Waals surface area contributed by atoms with Gasteiger partial charge in [-0.1, -0.05) is 12.1 Å². The molecule has 4 rings (SSSR count). The van der Waals surface area contributed by atoms with E-state index < -0.39 is 0 Å². The molecule has 34 heavy (non-hydrogen) atoms. The van der Waals surface area contributed by atoms with Crippen molar-refractivity contribution < 1.29 is 14.6 Å². The summed E-state index contributed by atoms with van der Waals surface area (Å²) >= 11 is 0. The Morgan fingerprint density at radius 1 is 0.912 bits per heavy atom. The number of benzene rings is 3. The van der Waals surface area contributed by atoms with Crippen molar-refractivity contribution in [1.82, 2.24) is 9.78 Å². The number of aliphatic imine (C=N–C) groups is 1. The molecule has 0 aliphatic rings. The van der Waals surface area contributed by atoms with Crippen LogP contribution in [0.2, 0.25) is 0 Å². The van der Waals surface area contributed by atoms with Crippen molar-refractivity contribution in [3.05, 3.63) is 94.3 Å². The lowest BCUT2D eigenvalue weighted by Crippen LogP contribution is -2.19. The molecule has 0 atom stereocenters. The highest BCUT2D eigenvalue weighted by molar-refractivity contribution is 6.03. The van der Waals surface area contributed by atoms with Gasteiger partial charge in [0.15, 0.2) is 0 Å². The Bertz CT molecular complexity index is 1330. The van der Waals surface area contributed by atoms with Crippen LogP contribution in [0.25, 0.3) is 16.9 Å². The van der Waals surface area contributed by atoms with Gasteiger partial charge in [0.1, 0.15) is 17.2 Å². The fraction of sp³-hybridized carbons (Fsp3) is 0.185. The highest BCUT2D eigenvalue weighted by atomic mass is 16.5. The van der Waals surface area contributed by atoms with Crippen LogP contribution in [0.1, 0.15) is 18.1 Å². The summed E-state index contributed by atoms with van der Waals surface area (Å²) in [6, 6.07) is 21.9. The number of nitrogens with one attached hydrogen (secondary N) is 1. The lowest BCUT2D eigenvalue weighted by Gasteiger charge is -2.05. The van der Waals surface area contributed by atoms with Gasteiger partial charge >= 0.3 is 0 Å². The summed E-state index contributed by atoms with van der Waals surface area (Å²) in [6.45, 7) is 2.37. The van der Waals surface area contributed by atoms with E-state index in [9.17, 15) is 9.90 Å². The zero-order chi connectivity index (χ0) is 24.1. The van der Waals surface area contributed by atoms with Gasteiger partial charge < -0.3 is 14.6 Å². The van der Waals surface area contributed by atoms with Crippen LogP contribution in [0.15, 0.2) is 82.6 Å². The summed E-state index contributed by atoms with van der Waals surface area (Å²) < 4.78 is 12.0. The summed E-state index contributed by atoms with van der Waals surface area (Å²) in [7, 11) is 3.22. The molecule has 0 amide bonds. The predicted octanol–water partition coefficient (Wildman–Crippen LogP) is 4.61. The van der Waals surface area contributed by atoms with Crippen LogP contribution in [-0.2, 0) is 6.42 Å². The number of rotatable bonds is 8. The van der Waals surface area contributed by atoms with E-state index in [1.54, 1.807) is 26.4 Å². The van der Waals surface area contributed by atoms with Crippen molar-refractivity contribution in [3.8, 4) is 34.2 Å². The minimum Gasteiger partial charge on any atom is -0.508 e. The maximum atomic E-state index is 13.5. The van der Waals surface area contributed by atoms with Crippen LogP contribution in [0, 0.1) is 0 Å². The van der Waals surface area contributed by atoms with Gasteiger partial charge in [-0.2, -0.15) is 0 Å². The first kappa shape index (κ1) is 22.9. The summed E-state index contributed by atoms with van der Waals surface area (Å²) in [6.07, 6.45) is 0.701. The van der Waals surface area contributed by atoms with Gasteiger partial charge in [0.05, 0.1) is 31.2 Å². The Kier molecular flexibility index (Phi) is 6.82. The number of aromatic hydroxyl groups is 1. The van der Waals surface area contributed by atoms with E-state index in [0.29, 0.717) is 41.4 Å². The van der Waals surface area contributed by atoms with Gasteiger partial charge in [0.2, 0.25) is 0 Å². The standard InChI is InChI=1S/C27H27N3O4/c1-18(28-17-16-19-4-10-22(31)11-5-19)25-26(20-6-12-23(33-2)13-7-20)29-30(27(25)32)21-8-14-24(34-3)15-9-21/h4-15,29,31H,16-17H2,1-3H3. The van der Waals surface area contributed by atoms with Crippen LogP contribution < -0.4 is 15.0 Å². The fourth-order valence-electron chi connectivity index (χ4n) is 3.75. The highest BCUT2D eigenvalue weighted by Crippen LogP contribution is 2.25. The zero-order valence-corrected chi connectivity index (χ0v) is 19.4. The third-order valence-electron chi connectivity index (χ3n) is 5.65. The van der Waals surface area contributed by atoms with Gasteiger partial charge in [-0.25, -0.2) is 4.68 Å². The van der Waals surface area contributed by atoms with Crippen molar-refractivity contribution in [2.45, 2.75) is 13.3 Å². The molecule has 4 aromatic rings. The molecule has 0 radical (unpaired) electrons. The first-order valence-corrected chi connectivity index (χ1v) is 10.9. The molecular formula is C27H27N3O4. The van der Waals surface area contributed by atoms with Gasteiger partial charge in [-0.15, -0.1) is 0 Å². The van der Waals surface area contributed by atoms with Crippen molar-refractivity contribution in [1.29, 1.82) is 0 Å². The number of aromatic nitrogens is 2. The van der Waals surface area contributed by atoms with E-state index >= 15 is 0 Å². The number of phenolic OH excluding ortho intramolecular Hbond substituents is 1. The van der Waals surface area contributed by atoms with Crippen molar-refractivity contribution in [2.24, 2.45) is 4.99 Å². The Morgan fingerprint density at radius 2 is 1.50 bits per heavy atom. The molecule has 0 aliphatic carbocycles. The van der Waals surface area contributed by atoms with Gasteiger partial charge in [0, 0.05) is 17.8 Å². The lowest BCUT2D eigenvalue weighted by atomic mass is 10.0. The summed E-state index contributed by atoms with van der Waals surface area (Å²) in [5.41, 5.74) is 4.30. The third-order valence-corrected chi connectivity index (χ3v) is 5.65. The summed E-state index contributed by atoms with van der Waals surface area (Å²) in [4.78, 5) is 18.2. The van der Waals surface area contributed by atoms with Crippen LogP contribution >= 0.6 is 0 Å². The van der Waals surface area contributed by atoms with Gasteiger partial charge in [-0.05, 0) is 79.6 Å². The number of ether oxygens (including phenoxy) is 2. The molecule has 1 heterocycles. The average molecular weight is 458 g/mol. The van der Waals surface area contributed by atoms with E-state index in [1.807, 2.05) is 67.6 Å². The molecular weight excluding hydrogens is 430 g/mol. The number of nitrogens with zero attached hydrogens (tertiary/aromatic N) is 2. The molecule has 0 saturated carbocycles. The minimum atomic E-state index is -0.179. The maximum Gasteiger partial charge on any atom is 0.280 e. The van der Waals surface area contributed by atoms with Crippen LogP contribution in [0.4, 0.5) is 0 Å². The molecule has 0 fully saturated rings. The summed E-state index contributed by atoms with van der Waals surface area (Å²) in [5.74, 6) is 1.69. The number of phenols is 1. The van der Waals surface area contributed by atoms with Crippen molar-refractivity contribution in [2.75, 3.05) is 20.8 Å². The Balaban J connectivity index is 1.72. The molecule has 0 aliphatic heterocycles. The van der Waals surface area contributed by atoms with E-state index in [2.05, 4.69) is 5.10 Å². The monoisotopic (exact) mass is 457 g/mol. The second-order valence-electron chi connectivity index (χ2n) is 7.81. The molecule has 3 aromatic carbocycles. The van der Waals surface area contributed by atoms with E-state index in [1.165, 1.54) is 4.68 Å². The smallest absolute Gasteiger partial charge is 0.280 e. The van der Waals surface area contributed by atoms with Crippen LogP contribution in [0.5, 0.6) is 17.2 Å². The number of H-pyrrole nitrogens is 1. The third kappa shape index (κ3) is 4.88. The lowest BCUT2D eigenvalue weighted by molar-refractivity contribution is 0.414. The van der Waals surface area contributed by atoms with E-state index in [-0.39, 0.29) is 11.3 Å². The van der Waals surface area contributed by atoms with Gasteiger partial charge in [0.25, 0.3) is 5.56 Å². The quantitative estimate of drug-likeness (QED) is 0.378. The number of methoxy groups -OCH3 is 2. The molecule has 7 nitrogen and oxygen atoms in total. The minimum absolute atomic E-state index is 0.179. The molecule has 0 unspecified atom stereocenters. The fourth-order valence-corrected chi connectivity index (χ4v) is 3.75. The topological polar surface area (TPSA) is 88.8 Å². The molecule has 0 spiro atoms. The summed E-state index contributed by atoms with van der Waals surface area (Å²) in [5, 5.41) is 12.7. The molecule has 174 valence electrons. The van der Waals surface area contributed by atoms with E-state index in [4.69, 9.17) is 14.5 Å². The Morgan fingerprint density at radius 3 is 2.09 bits per heavy atom. The Labute approximate surface area is 197 Å². The molecule has 0 saturated heterocycles. The number of hydrogen-bond donors (Lipinski definition) is 2. The largest absolute Gasteiger partial charge is 0.508 e. The van der Waals surface area contributed by atoms with Crippen molar-refractivity contribution in [3.63, 3.8) is 0 Å². The second kappa shape index (κ2) is 10.1. The second-order valence-corrected chi connectivity index (χ2v) is 7.81. The van der Waals surface area contributed by atoms with Crippen LogP contribution in [-0.4, -0.2) is 41.4 Å². The SMILES string of the molecule is COc1ccc(-c2[nH]n(-c3ccc(OC)cc3)c(=O)c2C(C)=NCCc2ccc(O)cc2)cc1. The number of hydrogen-bond acceptors (Lipinski definition) is 5. The molecule has 0 bridgehead atoms. The molecule has 2 N–H and O–H groups in total. The number of aromatic amines is 1. The first-order valence-electron chi connectivity index (χ1n) is 10.9. The molecule has 7 heteroatoms. The highest BCUT2D eigenvalue weighted by Gasteiger charge is 2.19. The predicted molar refractivity (Wildman–Crippen MR) is 134 cm³/mol. The first-order chi connectivity index (χ1) is 16.5. The normalized spacial score (nSPS) is 11.4. The molecule has 1 aromatic heterocycles. The average Bonchev–Trinajstić information content (AvgIpc) is 3.22. The zero-order valence-electron chi connectivity index (χ0n) is 19.4. The van der Waals surface area contributed by atoms with E-state index in [0.717, 1.165) is 16.9 Å². The maximum absolute atomic E-state index is 13.5. The van der Waals surface area contributed by atoms with Crippen LogP contribution in [0.3, 0.4) is 0 Å².